The molecule has 2 aliphatic heterocycles. The highest BCUT2D eigenvalue weighted by Crippen LogP contribution is 2.32. The van der Waals surface area contributed by atoms with E-state index in [-0.39, 0.29) is 24.0 Å². The van der Waals surface area contributed by atoms with Crippen molar-refractivity contribution in [2.24, 2.45) is 0 Å². The molecule has 3 rings (SSSR count). The van der Waals surface area contributed by atoms with Gasteiger partial charge in [-0.3, -0.25) is 29.4 Å². The van der Waals surface area contributed by atoms with Crippen molar-refractivity contribution in [3.05, 3.63) is 29.3 Å². The van der Waals surface area contributed by atoms with Crippen LogP contribution in [0.15, 0.2) is 18.2 Å². The lowest BCUT2D eigenvalue weighted by Crippen LogP contribution is -2.54. The van der Waals surface area contributed by atoms with Crippen LogP contribution in [0.4, 0.5) is 5.69 Å². The Hall–Kier alpha value is -3.06. The molecular weight excluding hydrogens is 632 g/mol. The Bertz CT molecular complexity index is 1120. The zero-order valence-corrected chi connectivity index (χ0v) is 27.8. The Balaban J connectivity index is 1.08. The van der Waals surface area contributed by atoms with Crippen molar-refractivity contribution in [1.29, 1.82) is 0 Å². The van der Waals surface area contributed by atoms with Crippen LogP contribution in [0, 0.1) is 0 Å². The molecule has 0 aliphatic carbocycles. The lowest BCUT2D eigenvalue weighted by atomic mass is 10.0. The lowest BCUT2D eigenvalue weighted by molar-refractivity contribution is -0.136. The molecule has 3 N–H and O–H groups in total. The maximum atomic E-state index is 13.1. The molecule has 48 heavy (non-hydrogen) atoms. The summed E-state index contributed by atoms with van der Waals surface area (Å²) in [5.74, 6) is -2.16. The summed E-state index contributed by atoms with van der Waals surface area (Å²) >= 11 is 0. The summed E-state index contributed by atoms with van der Waals surface area (Å²) in [5, 5.41) is 8.34. The van der Waals surface area contributed by atoms with E-state index in [0.717, 1.165) is 11.4 Å². The second-order valence-corrected chi connectivity index (χ2v) is 10.6. The van der Waals surface area contributed by atoms with Gasteiger partial charge in [0.1, 0.15) is 6.04 Å². The average Bonchev–Trinajstić information content (AvgIpc) is 3.33. The van der Waals surface area contributed by atoms with Gasteiger partial charge >= 0.3 is 0 Å². The summed E-state index contributed by atoms with van der Waals surface area (Å²) in [4.78, 5) is 50.8. The minimum Gasteiger partial charge on any atom is -0.382 e. The van der Waals surface area contributed by atoms with Gasteiger partial charge in [0.2, 0.25) is 11.8 Å². The first-order chi connectivity index (χ1) is 23.5. The lowest BCUT2D eigenvalue weighted by Gasteiger charge is -2.27. The van der Waals surface area contributed by atoms with E-state index in [1.54, 1.807) is 18.2 Å². The zero-order chi connectivity index (χ0) is 34.2. The number of hydrogen-bond acceptors (Lipinski definition) is 14. The fraction of sp³-hybridized carbons (Fsp3) is 0.688. The summed E-state index contributed by atoms with van der Waals surface area (Å²) in [6, 6.07) is 3.91. The van der Waals surface area contributed by atoms with E-state index in [2.05, 4.69) is 16.0 Å². The summed E-state index contributed by atoms with van der Waals surface area (Å²) in [7, 11) is 1.88. The minimum atomic E-state index is -1.01. The van der Waals surface area contributed by atoms with Crippen LogP contribution in [0.2, 0.25) is 0 Å². The maximum Gasteiger partial charge on any atom is 0.264 e. The molecule has 0 spiro atoms. The number of anilines is 1. The molecule has 270 valence electrons. The molecule has 0 aromatic heterocycles. The number of likely N-dealkylation sites (N-methyl/N-ethyl adjacent to an activating group) is 1. The second-order valence-electron chi connectivity index (χ2n) is 10.6. The van der Waals surface area contributed by atoms with E-state index in [1.807, 2.05) is 7.05 Å². The van der Waals surface area contributed by atoms with Crippen molar-refractivity contribution >= 4 is 29.3 Å². The molecule has 16 heteroatoms. The Kier molecular flexibility index (Phi) is 19.8. The van der Waals surface area contributed by atoms with Crippen molar-refractivity contribution in [2.45, 2.75) is 18.9 Å². The number of hydrogen-bond donors (Lipinski definition) is 3. The molecule has 1 saturated heterocycles. The smallest absolute Gasteiger partial charge is 0.264 e. The molecular formula is C32H50N4O12. The molecule has 1 fully saturated rings. The first-order valence-electron chi connectivity index (χ1n) is 16.4. The van der Waals surface area contributed by atoms with E-state index in [1.165, 1.54) is 0 Å². The van der Waals surface area contributed by atoms with E-state index in [4.69, 9.17) is 37.9 Å². The van der Waals surface area contributed by atoms with Crippen molar-refractivity contribution in [2.75, 3.05) is 131 Å². The third-order valence-corrected chi connectivity index (χ3v) is 7.13. The Morgan fingerprint density at radius 1 is 0.646 bits per heavy atom. The highest BCUT2D eigenvalue weighted by atomic mass is 16.6. The Morgan fingerprint density at radius 3 is 1.56 bits per heavy atom. The summed E-state index contributed by atoms with van der Waals surface area (Å²) < 4.78 is 43.7. The van der Waals surface area contributed by atoms with Crippen LogP contribution in [0.5, 0.6) is 0 Å². The SMILES string of the molecule is CNCCOCCOCCOCCOCCOCCOCCOCCOCCNc1cccc2c1C(=O)N(C1CCC(=O)NC1=O)C2=O. The molecule has 1 unspecified atom stereocenters. The third kappa shape index (κ3) is 14.2. The zero-order valence-electron chi connectivity index (χ0n) is 27.8. The van der Waals surface area contributed by atoms with Gasteiger partial charge < -0.3 is 48.5 Å². The topological polar surface area (TPSA) is 181 Å². The van der Waals surface area contributed by atoms with Crippen LogP contribution in [0.3, 0.4) is 0 Å². The highest BCUT2D eigenvalue weighted by molar-refractivity contribution is 6.25. The molecule has 0 bridgehead atoms. The average molecular weight is 683 g/mol. The predicted molar refractivity (Wildman–Crippen MR) is 172 cm³/mol. The van der Waals surface area contributed by atoms with E-state index >= 15 is 0 Å². The minimum absolute atomic E-state index is 0.0690. The molecule has 2 heterocycles. The van der Waals surface area contributed by atoms with Gasteiger partial charge in [-0.25, -0.2) is 0 Å². The monoisotopic (exact) mass is 682 g/mol. The van der Waals surface area contributed by atoms with Gasteiger partial charge in [0.25, 0.3) is 11.8 Å². The molecule has 0 radical (unpaired) electrons. The number of carbonyl (C=O) groups excluding carboxylic acids is 4. The van der Waals surface area contributed by atoms with Crippen molar-refractivity contribution in [3.63, 3.8) is 0 Å². The van der Waals surface area contributed by atoms with Gasteiger partial charge in [0, 0.05) is 25.2 Å². The summed E-state index contributed by atoms with van der Waals surface area (Å²) in [6.45, 7) is 8.94. The molecule has 1 aromatic carbocycles. The van der Waals surface area contributed by atoms with Crippen LogP contribution >= 0.6 is 0 Å². The van der Waals surface area contributed by atoms with Crippen LogP contribution < -0.4 is 16.0 Å². The molecule has 1 aromatic rings. The predicted octanol–water partition coefficient (Wildman–Crippen LogP) is -0.148. The van der Waals surface area contributed by atoms with Gasteiger partial charge in [-0.05, 0) is 25.6 Å². The van der Waals surface area contributed by atoms with Gasteiger partial charge in [-0.1, -0.05) is 6.07 Å². The molecule has 1 atom stereocenters. The number of piperidine rings is 1. The number of amides is 4. The van der Waals surface area contributed by atoms with Crippen LogP contribution in [0.1, 0.15) is 33.6 Å². The first kappa shape index (κ1) is 39.4. The Labute approximate surface area is 281 Å². The number of benzene rings is 1. The molecule has 16 nitrogen and oxygen atoms in total. The largest absolute Gasteiger partial charge is 0.382 e. The Morgan fingerprint density at radius 2 is 1.10 bits per heavy atom. The number of rotatable bonds is 29. The number of carbonyl (C=O) groups is 4. The van der Waals surface area contributed by atoms with E-state index in [9.17, 15) is 19.2 Å². The normalized spacial score (nSPS) is 16.1. The fourth-order valence-electron chi connectivity index (χ4n) is 4.74. The second kappa shape index (κ2) is 24.1. The number of nitrogens with zero attached hydrogens (tertiary/aromatic N) is 1. The van der Waals surface area contributed by atoms with E-state index < -0.39 is 29.7 Å². The van der Waals surface area contributed by atoms with Crippen LogP contribution in [-0.4, -0.2) is 160 Å². The quantitative estimate of drug-likeness (QED) is 0.0750. The maximum absolute atomic E-state index is 13.1. The van der Waals surface area contributed by atoms with Crippen molar-refractivity contribution in [3.8, 4) is 0 Å². The molecule has 0 saturated carbocycles. The summed E-state index contributed by atoms with van der Waals surface area (Å²) in [6.07, 6.45) is 0.176. The van der Waals surface area contributed by atoms with E-state index in [0.29, 0.717) is 118 Å². The van der Waals surface area contributed by atoms with Crippen LogP contribution in [-0.2, 0) is 47.5 Å². The van der Waals surface area contributed by atoms with Gasteiger partial charge in [0.15, 0.2) is 0 Å². The molecule has 2 aliphatic rings. The molecule has 4 amide bonds. The number of fused-ring (bicyclic) bond motifs is 1. The van der Waals surface area contributed by atoms with Gasteiger partial charge in [-0.2, -0.15) is 0 Å². The standard InChI is InChI=1S/C32H50N4O12/c1-33-7-9-41-11-13-43-15-17-45-19-21-47-23-24-48-22-20-46-18-16-44-14-12-42-10-8-34-26-4-2-3-25-29(26)32(40)36(31(25)39)27-5-6-28(37)35-30(27)38/h2-4,27,33-34H,5-24H2,1H3,(H,35,37,38). The van der Waals surface area contributed by atoms with Crippen molar-refractivity contribution in [1.82, 2.24) is 15.5 Å². The highest BCUT2D eigenvalue weighted by Gasteiger charge is 2.45. The third-order valence-electron chi connectivity index (χ3n) is 7.13. The summed E-state index contributed by atoms with van der Waals surface area (Å²) in [5.41, 5.74) is 0.918. The number of ether oxygens (including phenoxy) is 8. The van der Waals surface area contributed by atoms with Gasteiger partial charge in [0.05, 0.1) is 117 Å². The van der Waals surface area contributed by atoms with Crippen molar-refractivity contribution < 1.29 is 57.1 Å². The number of imide groups is 2. The first-order valence-corrected chi connectivity index (χ1v) is 16.4. The number of nitrogens with one attached hydrogen (secondary N) is 3. The van der Waals surface area contributed by atoms with Crippen LogP contribution in [0.25, 0.3) is 0 Å². The fourth-order valence-corrected chi connectivity index (χ4v) is 4.74. The van der Waals surface area contributed by atoms with Gasteiger partial charge in [-0.15, -0.1) is 0 Å².